The highest BCUT2D eigenvalue weighted by atomic mass is 79.9. The summed E-state index contributed by atoms with van der Waals surface area (Å²) >= 11 is 3.17. The Morgan fingerprint density at radius 2 is 2.12 bits per heavy atom. The number of hydrogen-bond acceptors (Lipinski definition) is 4. The van der Waals surface area contributed by atoms with Crippen molar-refractivity contribution >= 4 is 34.1 Å². The Morgan fingerprint density at radius 1 is 1.47 bits per heavy atom. The zero-order valence-electron chi connectivity index (χ0n) is 9.78. The molecule has 1 amide bonds. The highest BCUT2D eigenvalue weighted by Gasteiger charge is 2.16. The molecule has 17 heavy (non-hydrogen) atoms. The number of hydrogen-bond donors (Lipinski definition) is 1. The van der Waals surface area contributed by atoms with Gasteiger partial charge in [-0.3, -0.25) is 10.1 Å². The van der Waals surface area contributed by atoms with Crippen LogP contribution in [-0.2, 0) is 4.74 Å². The Bertz CT molecular complexity index is 441. The second-order valence-electron chi connectivity index (χ2n) is 4.31. The van der Waals surface area contributed by atoms with Crippen LogP contribution in [-0.4, -0.2) is 23.0 Å². The standard InChI is InChI=1S/C11H13BrN2O3/c1-11(2,3)17-10(16)14-9-5-4-7(12)8(6-15)13-9/h4-6H,1-3H3,(H,13,14,16). The molecule has 1 N–H and O–H groups in total. The lowest BCUT2D eigenvalue weighted by Gasteiger charge is -2.19. The predicted octanol–water partition coefficient (Wildman–Crippen LogP) is 3.00. The molecule has 0 saturated carbocycles. The molecule has 0 aromatic carbocycles. The molecule has 5 nitrogen and oxygen atoms in total. The molecule has 0 fully saturated rings. The van der Waals surface area contributed by atoms with Crippen molar-refractivity contribution < 1.29 is 14.3 Å². The highest BCUT2D eigenvalue weighted by molar-refractivity contribution is 9.10. The second-order valence-corrected chi connectivity index (χ2v) is 5.16. The van der Waals surface area contributed by atoms with Gasteiger partial charge in [-0.15, -0.1) is 0 Å². The molecule has 0 bridgehead atoms. The molecule has 0 aliphatic rings. The number of anilines is 1. The van der Waals surface area contributed by atoms with Gasteiger partial charge in [0.05, 0.1) is 0 Å². The average molecular weight is 301 g/mol. The van der Waals surface area contributed by atoms with E-state index in [9.17, 15) is 9.59 Å². The molecule has 0 radical (unpaired) electrons. The lowest BCUT2D eigenvalue weighted by Crippen LogP contribution is -2.27. The summed E-state index contributed by atoms with van der Waals surface area (Å²) in [4.78, 5) is 26.0. The minimum atomic E-state index is -0.607. The van der Waals surface area contributed by atoms with Gasteiger partial charge in [0.2, 0.25) is 0 Å². The summed E-state index contributed by atoms with van der Waals surface area (Å²) in [6, 6.07) is 3.20. The molecule has 0 atom stereocenters. The minimum Gasteiger partial charge on any atom is -0.444 e. The molecular weight excluding hydrogens is 288 g/mol. The minimum absolute atomic E-state index is 0.221. The van der Waals surface area contributed by atoms with Gasteiger partial charge in [-0.05, 0) is 48.8 Å². The van der Waals surface area contributed by atoms with Gasteiger partial charge < -0.3 is 4.74 Å². The Hall–Kier alpha value is -1.43. The number of rotatable bonds is 2. The first kappa shape index (κ1) is 13.6. The molecule has 1 rings (SSSR count). The van der Waals surface area contributed by atoms with E-state index in [0.717, 1.165) is 0 Å². The Balaban J connectivity index is 2.75. The zero-order chi connectivity index (χ0) is 13.1. The van der Waals surface area contributed by atoms with E-state index in [1.165, 1.54) is 0 Å². The van der Waals surface area contributed by atoms with E-state index in [-0.39, 0.29) is 11.5 Å². The lowest BCUT2D eigenvalue weighted by molar-refractivity contribution is 0.0635. The average Bonchev–Trinajstić information content (AvgIpc) is 2.18. The van der Waals surface area contributed by atoms with Crippen LogP contribution < -0.4 is 5.32 Å². The van der Waals surface area contributed by atoms with Crippen LogP contribution in [0.3, 0.4) is 0 Å². The highest BCUT2D eigenvalue weighted by Crippen LogP contribution is 2.16. The predicted molar refractivity (Wildman–Crippen MR) is 67.2 cm³/mol. The number of amides is 1. The molecule has 1 aromatic rings. The summed E-state index contributed by atoms with van der Waals surface area (Å²) in [5.41, 5.74) is -0.356. The van der Waals surface area contributed by atoms with Crippen LogP contribution in [0.25, 0.3) is 0 Å². The van der Waals surface area contributed by atoms with Crippen LogP contribution in [0.1, 0.15) is 31.3 Å². The molecule has 0 saturated heterocycles. The monoisotopic (exact) mass is 300 g/mol. The molecular formula is C11H13BrN2O3. The Kier molecular flexibility index (Phi) is 4.22. The van der Waals surface area contributed by atoms with Crippen molar-refractivity contribution in [3.05, 3.63) is 22.3 Å². The first-order valence-electron chi connectivity index (χ1n) is 4.93. The third-order valence-corrected chi connectivity index (χ3v) is 2.28. The number of aldehydes is 1. The van der Waals surface area contributed by atoms with E-state index < -0.39 is 11.7 Å². The molecule has 0 unspecified atom stereocenters. The van der Waals surface area contributed by atoms with Gasteiger partial charge in [0.15, 0.2) is 6.29 Å². The van der Waals surface area contributed by atoms with E-state index in [1.807, 2.05) is 0 Å². The van der Waals surface area contributed by atoms with Gasteiger partial charge >= 0.3 is 6.09 Å². The topological polar surface area (TPSA) is 68.3 Å². The number of ether oxygens (including phenoxy) is 1. The zero-order valence-corrected chi connectivity index (χ0v) is 11.4. The van der Waals surface area contributed by atoms with Crippen LogP contribution in [0.5, 0.6) is 0 Å². The second kappa shape index (κ2) is 5.27. The SMILES string of the molecule is CC(C)(C)OC(=O)Nc1ccc(Br)c(C=O)n1. The summed E-state index contributed by atoms with van der Waals surface area (Å²) in [6.45, 7) is 5.29. The number of pyridine rings is 1. The molecule has 0 aliphatic carbocycles. The molecule has 0 aliphatic heterocycles. The summed E-state index contributed by atoms with van der Waals surface area (Å²) in [6.07, 6.45) is -0.00571. The quantitative estimate of drug-likeness (QED) is 0.853. The number of nitrogens with zero attached hydrogens (tertiary/aromatic N) is 1. The van der Waals surface area contributed by atoms with E-state index in [0.29, 0.717) is 10.8 Å². The van der Waals surface area contributed by atoms with Gasteiger partial charge in [-0.1, -0.05) is 0 Å². The van der Waals surface area contributed by atoms with Gasteiger partial charge in [0, 0.05) is 4.47 Å². The van der Waals surface area contributed by atoms with Crippen molar-refractivity contribution in [2.24, 2.45) is 0 Å². The molecule has 0 spiro atoms. The van der Waals surface area contributed by atoms with Gasteiger partial charge in [0.25, 0.3) is 0 Å². The number of carbonyl (C=O) groups excluding carboxylic acids is 2. The fourth-order valence-corrected chi connectivity index (χ4v) is 1.33. The number of nitrogens with one attached hydrogen (secondary N) is 1. The van der Waals surface area contributed by atoms with Crippen molar-refractivity contribution in [3.63, 3.8) is 0 Å². The molecule has 1 heterocycles. The van der Waals surface area contributed by atoms with Gasteiger partial charge in [-0.25, -0.2) is 9.78 Å². The van der Waals surface area contributed by atoms with Crippen LogP contribution in [0.2, 0.25) is 0 Å². The maximum atomic E-state index is 11.4. The summed E-state index contributed by atoms with van der Waals surface area (Å²) < 4.78 is 5.63. The molecule has 1 aromatic heterocycles. The summed E-state index contributed by atoms with van der Waals surface area (Å²) in [7, 11) is 0. The maximum absolute atomic E-state index is 11.4. The normalized spacial score (nSPS) is 10.8. The van der Waals surface area contributed by atoms with E-state index >= 15 is 0 Å². The van der Waals surface area contributed by atoms with Crippen LogP contribution in [0.4, 0.5) is 10.6 Å². The third kappa shape index (κ3) is 4.52. The first-order chi connectivity index (χ1) is 7.81. The first-order valence-corrected chi connectivity index (χ1v) is 5.73. The fraction of sp³-hybridized carbons (Fsp3) is 0.364. The molecule has 92 valence electrons. The van der Waals surface area contributed by atoms with Crippen LogP contribution in [0.15, 0.2) is 16.6 Å². The number of carbonyl (C=O) groups is 2. The van der Waals surface area contributed by atoms with Crippen molar-refractivity contribution in [2.75, 3.05) is 5.32 Å². The Morgan fingerprint density at radius 3 is 2.65 bits per heavy atom. The number of aromatic nitrogens is 1. The van der Waals surface area contributed by atoms with Gasteiger partial charge in [-0.2, -0.15) is 0 Å². The van der Waals surface area contributed by atoms with Crippen molar-refractivity contribution in [3.8, 4) is 0 Å². The van der Waals surface area contributed by atoms with Crippen molar-refractivity contribution in [2.45, 2.75) is 26.4 Å². The largest absolute Gasteiger partial charge is 0.444 e. The smallest absolute Gasteiger partial charge is 0.413 e. The lowest BCUT2D eigenvalue weighted by atomic mass is 10.2. The third-order valence-electron chi connectivity index (χ3n) is 1.61. The van der Waals surface area contributed by atoms with E-state index in [4.69, 9.17) is 4.74 Å². The summed E-state index contributed by atoms with van der Waals surface area (Å²) in [5, 5.41) is 2.45. The van der Waals surface area contributed by atoms with E-state index in [1.54, 1.807) is 32.9 Å². The fourth-order valence-electron chi connectivity index (χ4n) is 1.02. The maximum Gasteiger partial charge on any atom is 0.413 e. The summed E-state index contributed by atoms with van der Waals surface area (Å²) in [5.74, 6) is 0.268. The van der Waals surface area contributed by atoms with Gasteiger partial charge in [0.1, 0.15) is 17.1 Å². The molecule has 6 heteroatoms. The van der Waals surface area contributed by atoms with E-state index in [2.05, 4.69) is 26.2 Å². The number of halogens is 1. The van der Waals surface area contributed by atoms with Crippen molar-refractivity contribution in [1.82, 2.24) is 4.98 Å². The van der Waals surface area contributed by atoms with Crippen LogP contribution in [0, 0.1) is 0 Å². The van der Waals surface area contributed by atoms with Crippen molar-refractivity contribution in [1.29, 1.82) is 0 Å². The van der Waals surface area contributed by atoms with Crippen LogP contribution >= 0.6 is 15.9 Å². The Labute approximate surface area is 108 Å².